The molecule has 0 aromatic rings. The summed E-state index contributed by atoms with van der Waals surface area (Å²) in [4.78, 5) is 13.2. The molecular formula is C4H11NO2Si. The Kier molecular flexibility index (Phi) is 4.59. The largest absolute Gasteiger partial charge is 0.465 e. The van der Waals surface area contributed by atoms with E-state index in [-0.39, 0.29) is 5.97 Å². The molecule has 1 N–H and O–H groups in total. The minimum Gasteiger partial charge on any atom is -0.465 e. The molecule has 0 atom stereocenters. The third kappa shape index (κ3) is 3.82. The second kappa shape index (κ2) is 4.80. The molecule has 0 radical (unpaired) electrons. The molecule has 0 amide bonds. The van der Waals surface area contributed by atoms with Crippen LogP contribution in [0.1, 0.15) is 6.92 Å². The van der Waals surface area contributed by atoms with Gasteiger partial charge in [0.2, 0.25) is 0 Å². The van der Waals surface area contributed by atoms with E-state index in [0.29, 0.717) is 13.2 Å². The van der Waals surface area contributed by atoms with Crippen LogP contribution in [-0.4, -0.2) is 29.5 Å². The Morgan fingerprint density at radius 3 is 2.88 bits per heavy atom. The van der Waals surface area contributed by atoms with Gasteiger partial charge in [0.15, 0.2) is 0 Å². The first-order valence-electron chi connectivity index (χ1n) is 2.61. The first kappa shape index (κ1) is 7.65. The minimum atomic E-state index is -0.164. The molecule has 8 heavy (non-hydrogen) atoms. The van der Waals surface area contributed by atoms with E-state index in [4.69, 9.17) is 0 Å². The van der Waals surface area contributed by atoms with Gasteiger partial charge in [-0.2, -0.15) is 0 Å². The van der Waals surface area contributed by atoms with E-state index in [9.17, 15) is 4.79 Å². The van der Waals surface area contributed by atoms with Crippen LogP contribution in [0.3, 0.4) is 0 Å². The van der Waals surface area contributed by atoms with E-state index < -0.39 is 0 Å². The van der Waals surface area contributed by atoms with Crippen molar-refractivity contribution in [2.24, 2.45) is 0 Å². The van der Waals surface area contributed by atoms with Crippen LogP contribution < -0.4 is 4.98 Å². The lowest BCUT2D eigenvalue weighted by molar-refractivity contribution is -0.141. The molecule has 0 fully saturated rings. The van der Waals surface area contributed by atoms with Gasteiger partial charge in [-0.05, 0) is 6.92 Å². The van der Waals surface area contributed by atoms with Crippen LogP contribution in [0.2, 0.25) is 0 Å². The fraction of sp³-hybridized carbons (Fsp3) is 0.750. The first-order chi connectivity index (χ1) is 3.81. The Morgan fingerprint density at radius 1 is 1.88 bits per heavy atom. The van der Waals surface area contributed by atoms with E-state index in [1.54, 1.807) is 6.92 Å². The van der Waals surface area contributed by atoms with E-state index in [1.807, 2.05) is 0 Å². The van der Waals surface area contributed by atoms with Crippen LogP contribution in [0.5, 0.6) is 0 Å². The van der Waals surface area contributed by atoms with Gasteiger partial charge in [-0.3, -0.25) is 4.79 Å². The summed E-state index contributed by atoms with van der Waals surface area (Å²) in [6.45, 7) is 2.63. The van der Waals surface area contributed by atoms with Crippen LogP contribution in [0, 0.1) is 0 Å². The topological polar surface area (TPSA) is 38.3 Å². The summed E-state index contributed by atoms with van der Waals surface area (Å²) in [7, 11) is 0.843. The summed E-state index contributed by atoms with van der Waals surface area (Å²) < 4.78 is 4.60. The summed E-state index contributed by atoms with van der Waals surface area (Å²) in [5.74, 6) is -0.164. The molecule has 0 aromatic carbocycles. The maximum Gasteiger partial charge on any atom is 0.319 e. The molecule has 0 bridgehead atoms. The van der Waals surface area contributed by atoms with Crippen molar-refractivity contribution in [2.45, 2.75) is 6.92 Å². The average molecular weight is 133 g/mol. The normalized spacial score (nSPS) is 9.12. The van der Waals surface area contributed by atoms with E-state index in [2.05, 4.69) is 9.72 Å². The van der Waals surface area contributed by atoms with Crippen molar-refractivity contribution in [3.63, 3.8) is 0 Å². The van der Waals surface area contributed by atoms with Crippen molar-refractivity contribution in [2.75, 3.05) is 13.2 Å². The molecule has 3 nitrogen and oxygen atoms in total. The van der Waals surface area contributed by atoms with Gasteiger partial charge in [-0.1, -0.05) is 0 Å². The lowest BCUT2D eigenvalue weighted by atomic mass is 10.7. The van der Waals surface area contributed by atoms with Gasteiger partial charge in [-0.15, -0.1) is 0 Å². The Hall–Kier alpha value is -0.353. The predicted octanol–water partition coefficient (Wildman–Crippen LogP) is -1.58. The molecule has 0 aromatic heterocycles. The van der Waals surface area contributed by atoms with Crippen LogP contribution >= 0.6 is 0 Å². The Morgan fingerprint density at radius 2 is 2.50 bits per heavy atom. The van der Waals surface area contributed by atoms with Crippen molar-refractivity contribution in [3.05, 3.63) is 0 Å². The van der Waals surface area contributed by atoms with Crippen molar-refractivity contribution in [3.8, 4) is 0 Å². The number of carbonyl (C=O) groups is 1. The summed E-state index contributed by atoms with van der Waals surface area (Å²) in [6.07, 6.45) is 0. The standard InChI is InChI=1S/C4H11NO2Si/c1-2-7-4(6)3-5-8/h5H,2-3H2,1,8H3. The SMILES string of the molecule is CCOC(=O)CN[SiH3]. The highest BCUT2D eigenvalue weighted by atomic mass is 28.2. The summed E-state index contributed by atoms with van der Waals surface area (Å²) in [6, 6.07) is 0. The third-order valence-electron chi connectivity index (χ3n) is 0.626. The molecule has 0 spiro atoms. The van der Waals surface area contributed by atoms with Gasteiger partial charge < -0.3 is 9.72 Å². The molecule has 0 aliphatic heterocycles. The van der Waals surface area contributed by atoms with Gasteiger partial charge >= 0.3 is 5.97 Å². The van der Waals surface area contributed by atoms with Gasteiger partial charge in [-0.25, -0.2) is 0 Å². The fourth-order valence-corrected chi connectivity index (χ4v) is 0.645. The molecule has 0 unspecified atom stereocenters. The summed E-state index contributed by atoms with van der Waals surface area (Å²) in [5.41, 5.74) is 0. The molecule has 0 aliphatic rings. The second-order valence-electron chi connectivity index (χ2n) is 1.34. The molecular weight excluding hydrogens is 122 g/mol. The average Bonchev–Trinajstić information content (AvgIpc) is 1.68. The van der Waals surface area contributed by atoms with Crippen LogP contribution in [-0.2, 0) is 9.53 Å². The number of esters is 1. The number of hydrogen-bond acceptors (Lipinski definition) is 3. The highest BCUT2D eigenvalue weighted by Gasteiger charge is 1.94. The maximum absolute atomic E-state index is 10.4. The molecule has 48 valence electrons. The lowest BCUT2D eigenvalue weighted by Crippen LogP contribution is -2.21. The molecule has 0 saturated carbocycles. The van der Waals surface area contributed by atoms with E-state index in [1.165, 1.54) is 0 Å². The Balaban J connectivity index is 3.06. The van der Waals surface area contributed by atoms with Crippen LogP contribution in [0.15, 0.2) is 0 Å². The zero-order valence-corrected chi connectivity index (χ0v) is 7.23. The molecule has 0 saturated heterocycles. The van der Waals surface area contributed by atoms with Crippen LogP contribution in [0.4, 0.5) is 0 Å². The number of nitrogens with one attached hydrogen (secondary N) is 1. The number of rotatable bonds is 3. The summed E-state index contributed by atoms with van der Waals surface area (Å²) in [5, 5.41) is 0. The molecule has 0 rings (SSSR count). The first-order valence-corrected chi connectivity index (χ1v) is 3.61. The number of carbonyl (C=O) groups excluding carboxylic acids is 1. The third-order valence-corrected chi connectivity index (χ3v) is 0.980. The second-order valence-corrected chi connectivity index (χ2v) is 2.04. The van der Waals surface area contributed by atoms with Gasteiger partial charge in [0.25, 0.3) is 0 Å². The highest BCUT2D eigenvalue weighted by Crippen LogP contribution is 1.71. The molecule has 0 heterocycles. The highest BCUT2D eigenvalue weighted by molar-refractivity contribution is 6.05. The zero-order valence-electron chi connectivity index (χ0n) is 5.23. The maximum atomic E-state index is 10.4. The predicted molar refractivity (Wildman–Crippen MR) is 34.6 cm³/mol. The van der Waals surface area contributed by atoms with Gasteiger partial charge in [0, 0.05) is 0 Å². The fourth-order valence-electron chi connectivity index (χ4n) is 0.356. The van der Waals surface area contributed by atoms with E-state index >= 15 is 0 Å². The quantitative estimate of drug-likeness (QED) is 0.373. The molecule has 4 heteroatoms. The number of hydrogen-bond donors (Lipinski definition) is 1. The minimum absolute atomic E-state index is 0.164. The van der Waals surface area contributed by atoms with Crippen LogP contribution in [0.25, 0.3) is 0 Å². The Bertz CT molecular complexity index is 68.4. The van der Waals surface area contributed by atoms with Crippen molar-refractivity contribution in [1.29, 1.82) is 0 Å². The Labute approximate surface area is 51.9 Å². The van der Waals surface area contributed by atoms with Crippen molar-refractivity contribution < 1.29 is 9.53 Å². The monoisotopic (exact) mass is 133 g/mol. The van der Waals surface area contributed by atoms with Gasteiger partial charge in [0.1, 0.15) is 0 Å². The van der Waals surface area contributed by atoms with E-state index in [0.717, 1.165) is 10.4 Å². The van der Waals surface area contributed by atoms with Gasteiger partial charge in [0.05, 0.1) is 23.6 Å². The summed E-state index contributed by atoms with van der Waals surface area (Å²) >= 11 is 0. The smallest absolute Gasteiger partial charge is 0.319 e. The number of ether oxygens (including phenoxy) is 1. The van der Waals surface area contributed by atoms with Crippen molar-refractivity contribution >= 4 is 16.4 Å². The zero-order chi connectivity index (χ0) is 6.41. The lowest BCUT2D eigenvalue weighted by Gasteiger charge is -1.97. The molecule has 0 aliphatic carbocycles. The van der Waals surface area contributed by atoms with Crippen molar-refractivity contribution in [1.82, 2.24) is 4.98 Å².